The summed E-state index contributed by atoms with van der Waals surface area (Å²) in [6, 6.07) is 3.70. The Kier molecular flexibility index (Phi) is 2.87. The molecule has 0 aliphatic carbocycles. The summed E-state index contributed by atoms with van der Waals surface area (Å²) in [5.74, 6) is 0.840. The number of rotatable bonds is 2. The van der Waals surface area contributed by atoms with Gasteiger partial charge in [0.05, 0.1) is 5.02 Å². The highest BCUT2D eigenvalue weighted by Gasteiger charge is 2.12. The van der Waals surface area contributed by atoms with Crippen LogP contribution in [0.25, 0.3) is 5.52 Å². The zero-order valence-corrected chi connectivity index (χ0v) is 9.76. The smallest absolute Gasteiger partial charge is 0.156 e. The van der Waals surface area contributed by atoms with E-state index in [9.17, 15) is 0 Å². The fourth-order valence-corrected chi connectivity index (χ4v) is 2.14. The summed E-state index contributed by atoms with van der Waals surface area (Å²) in [6.07, 6.45) is 2.56. The van der Waals surface area contributed by atoms with Crippen molar-refractivity contribution in [1.29, 1.82) is 0 Å². The van der Waals surface area contributed by atoms with Crippen LogP contribution in [0.15, 0.2) is 18.3 Å². The Labute approximate surface area is 97.8 Å². The summed E-state index contributed by atoms with van der Waals surface area (Å²) >= 11 is 12.0. The molecule has 2 N–H and O–H groups in total. The molecular formula is C10H11Cl2N3. The van der Waals surface area contributed by atoms with Crippen molar-refractivity contribution in [2.75, 3.05) is 0 Å². The normalized spacial score (nSPS) is 13.3. The number of pyridine rings is 1. The SMILES string of the molecule is CC(N)Cc1nc(Cl)c2c(Cl)cccn12. The van der Waals surface area contributed by atoms with E-state index in [-0.39, 0.29) is 6.04 Å². The van der Waals surface area contributed by atoms with E-state index >= 15 is 0 Å². The molecule has 2 aromatic rings. The Morgan fingerprint density at radius 1 is 1.53 bits per heavy atom. The molecular weight excluding hydrogens is 233 g/mol. The lowest BCUT2D eigenvalue weighted by atomic mass is 10.2. The molecule has 0 fully saturated rings. The van der Waals surface area contributed by atoms with Gasteiger partial charge in [0.1, 0.15) is 11.3 Å². The highest BCUT2D eigenvalue weighted by atomic mass is 35.5. The first-order chi connectivity index (χ1) is 7.09. The van der Waals surface area contributed by atoms with Crippen LogP contribution in [0.4, 0.5) is 0 Å². The van der Waals surface area contributed by atoms with Gasteiger partial charge in [0.2, 0.25) is 0 Å². The average Bonchev–Trinajstić information content (AvgIpc) is 2.44. The van der Waals surface area contributed by atoms with Gasteiger partial charge in [-0.05, 0) is 19.1 Å². The monoisotopic (exact) mass is 243 g/mol. The minimum absolute atomic E-state index is 0.0469. The molecule has 0 aromatic carbocycles. The van der Waals surface area contributed by atoms with Crippen LogP contribution in [0, 0.1) is 0 Å². The number of aromatic nitrogens is 2. The molecule has 15 heavy (non-hydrogen) atoms. The first-order valence-corrected chi connectivity index (χ1v) is 5.41. The van der Waals surface area contributed by atoms with Crippen molar-refractivity contribution in [3.63, 3.8) is 0 Å². The van der Waals surface area contributed by atoms with Crippen LogP contribution in [0.5, 0.6) is 0 Å². The Hall–Kier alpha value is -0.770. The van der Waals surface area contributed by atoms with E-state index < -0.39 is 0 Å². The lowest BCUT2D eigenvalue weighted by molar-refractivity contribution is 0.700. The first-order valence-electron chi connectivity index (χ1n) is 4.66. The molecule has 2 heterocycles. The Morgan fingerprint density at radius 3 is 2.93 bits per heavy atom. The van der Waals surface area contributed by atoms with E-state index in [0.29, 0.717) is 16.6 Å². The predicted molar refractivity (Wildman–Crippen MR) is 62.6 cm³/mol. The van der Waals surface area contributed by atoms with E-state index in [0.717, 1.165) is 11.3 Å². The third-order valence-electron chi connectivity index (χ3n) is 2.15. The van der Waals surface area contributed by atoms with E-state index in [4.69, 9.17) is 28.9 Å². The Morgan fingerprint density at radius 2 is 2.27 bits per heavy atom. The summed E-state index contributed by atoms with van der Waals surface area (Å²) < 4.78 is 1.88. The lowest BCUT2D eigenvalue weighted by Gasteiger charge is -2.04. The van der Waals surface area contributed by atoms with Crippen molar-refractivity contribution in [2.24, 2.45) is 5.73 Å². The maximum Gasteiger partial charge on any atom is 0.156 e. The molecule has 0 saturated carbocycles. The van der Waals surface area contributed by atoms with Crippen LogP contribution in [0.1, 0.15) is 12.7 Å². The third kappa shape index (κ3) is 1.95. The van der Waals surface area contributed by atoms with E-state index in [1.807, 2.05) is 23.6 Å². The molecule has 0 aliphatic rings. The van der Waals surface area contributed by atoms with Crippen LogP contribution in [0.3, 0.4) is 0 Å². The number of nitrogens with zero attached hydrogens (tertiary/aromatic N) is 2. The Bertz CT molecular complexity index is 491. The topological polar surface area (TPSA) is 43.3 Å². The van der Waals surface area contributed by atoms with Gasteiger partial charge >= 0.3 is 0 Å². The number of fused-ring (bicyclic) bond motifs is 1. The maximum absolute atomic E-state index is 6.04. The molecule has 0 bridgehead atoms. The number of hydrogen-bond acceptors (Lipinski definition) is 2. The molecule has 1 atom stereocenters. The van der Waals surface area contributed by atoms with Gasteiger partial charge < -0.3 is 10.1 Å². The highest BCUT2D eigenvalue weighted by Crippen LogP contribution is 2.25. The van der Waals surface area contributed by atoms with Crippen molar-refractivity contribution in [2.45, 2.75) is 19.4 Å². The Balaban J connectivity index is 2.63. The standard InChI is InChI=1S/C10H11Cl2N3/c1-6(13)5-8-14-10(12)9-7(11)3-2-4-15(8)9/h2-4,6H,5,13H2,1H3. The summed E-state index contributed by atoms with van der Waals surface area (Å²) in [5, 5.41) is 1.03. The van der Waals surface area contributed by atoms with Gasteiger partial charge in [-0.25, -0.2) is 4.98 Å². The van der Waals surface area contributed by atoms with Crippen LogP contribution >= 0.6 is 23.2 Å². The number of nitrogens with two attached hydrogens (primary N) is 1. The maximum atomic E-state index is 6.04. The van der Waals surface area contributed by atoms with E-state index in [2.05, 4.69) is 4.98 Å². The second-order valence-electron chi connectivity index (χ2n) is 3.57. The van der Waals surface area contributed by atoms with Crippen molar-refractivity contribution in [1.82, 2.24) is 9.38 Å². The van der Waals surface area contributed by atoms with E-state index in [1.165, 1.54) is 0 Å². The summed E-state index contributed by atoms with van der Waals surface area (Å²) in [6.45, 7) is 1.93. The molecule has 0 radical (unpaired) electrons. The van der Waals surface area contributed by atoms with Crippen LogP contribution in [-0.2, 0) is 6.42 Å². The fourth-order valence-electron chi connectivity index (χ4n) is 1.55. The molecule has 0 spiro atoms. The number of halogens is 2. The van der Waals surface area contributed by atoms with Gasteiger partial charge in [0.25, 0.3) is 0 Å². The minimum atomic E-state index is 0.0469. The minimum Gasteiger partial charge on any atom is -0.328 e. The zero-order valence-electron chi connectivity index (χ0n) is 8.24. The second-order valence-corrected chi connectivity index (χ2v) is 4.34. The van der Waals surface area contributed by atoms with Crippen molar-refractivity contribution >= 4 is 28.7 Å². The van der Waals surface area contributed by atoms with Gasteiger partial charge in [-0.15, -0.1) is 0 Å². The predicted octanol–water partition coefficient (Wildman–Crippen LogP) is 2.53. The van der Waals surface area contributed by atoms with E-state index in [1.54, 1.807) is 6.07 Å². The van der Waals surface area contributed by atoms with Crippen molar-refractivity contribution < 1.29 is 0 Å². The molecule has 1 unspecified atom stereocenters. The molecule has 0 amide bonds. The number of hydrogen-bond donors (Lipinski definition) is 1. The second kappa shape index (κ2) is 4.00. The van der Waals surface area contributed by atoms with Gasteiger partial charge in [-0.2, -0.15) is 0 Å². The summed E-state index contributed by atoms with van der Waals surface area (Å²) in [5.41, 5.74) is 6.48. The van der Waals surface area contributed by atoms with Gasteiger partial charge in [-0.1, -0.05) is 23.2 Å². The molecule has 80 valence electrons. The molecule has 0 aliphatic heterocycles. The number of imidazole rings is 1. The average molecular weight is 244 g/mol. The summed E-state index contributed by atoms with van der Waals surface area (Å²) in [4.78, 5) is 4.25. The first kappa shape index (κ1) is 10.7. The van der Waals surface area contributed by atoms with Gasteiger partial charge in [0, 0.05) is 18.7 Å². The van der Waals surface area contributed by atoms with Crippen molar-refractivity contribution in [3.8, 4) is 0 Å². The lowest BCUT2D eigenvalue weighted by Crippen LogP contribution is -2.19. The highest BCUT2D eigenvalue weighted by molar-refractivity contribution is 6.39. The van der Waals surface area contributed by atoms with Crippen molar-refractivity contribution in [3.05, 3.63) is 34.3 Å². The summed E-state index contributed by atoms with van der Waals surface area (Å²) in [7, 11) is 0. The third-order valence-corrected chi connectivity index (χ3v) is 2.72. The molecule has 2 rings (SSSR count). The van der Waals surface area contributed by atoms with Crippen LogP contribution < -0.4 is 5.73 Å². The fraction of sp³-hybridized carbons (Fsp3) is 0.300. The zero-order chi connectivity index (χ0) is 11.0. The molecule has 0 saturated heterocycles. The van der Waals surface area contributed by atoms with Gasteiger partial charge in [0.15, 0.2) is 5.15 Å². The van der Waals surface area contributed by atoms with Crippen LogP contribution in [0.2, 0.25) is 10.2 Å². The van der Waals surface area contributed by atoms with Crippen LogP contribution in [-0.4, -0.2) is 15.4 Å². The molecule has 3 nitrogen and oxygen atoms in total. The largest absolute Gasteiger partial charge is 0.328 e. The quantitative estimate of drug-likeness (QED) is 0.882. The molecule has 2 aromatic heterocycles. The van der Waals surface area contributed by atoms with Gasteiger partial charge in [-0.3, -0.25) is 0 Å². The molecule has 5 heteroatoms.